The van der Waals surface area contributed by atoms with E-state index in [1.165, 1.54) is 6.92 Å². The first kappa shape index (κ1) is 10.6. The lowest BCUT2D eigenvalue weighted by atomic mass is 10.1. The summed E-state index contributed by atoms with van der Waals surface area (Å²) in [5.74, 6) is 0.578. The van der Waals surface area contributed by atoms with Crippen molar-refractivity contribution in [3.63, 3.8) is 0 Å². The van der Waals surface area contributed by atoms with Crippen LogP contribution >= 0.6 is 0 Å². The van der Waals surface area contributed by atoms with Gasteiger partial charge >= 0.3 is 0 Å². The SMILES string of the molecule is CC(O)c1nc(C2CCS(=O)(=O)C2)no1. The van der Waals surface area contributed by atoms with Gasteiger partial charge in [0.05, 0.1) is 11.5 Å². The molecule has 1 aromatic heterocycles. The molecule has 84 valence electrons. The molecule has 2 unspecified atom stereocenters. The topological polar surface area (TPSA) is 93.3 Å². The lowest BCUT2D eigenvalue weighted by Gasteiger charge is -1.98. The third-order valence-corrected chi connectivity index (χ3v) is 4.18. The molecule has 0 aromatic carbocycles. The quantitative estimate of drug-likeness (QED) is 0.773. The average Bonchev–Trinajstić information content (AvgIpc) is 2.70. The zero-order chi connectivity index (χ0) is 11.1. The van der Waals surface area contributed by atoms with Crippen LogP contribution in [0.2, 0.25) is 0 Å². The first-order valence-electron chi connectivity index (χ1n) is 4.70. The number of aromatic nitrogens is 2. The Morgan fingerprint density at radius 1 is 1.60 bits per heavy atom. The summed E-state index contributed by atoms with van der Waals surface area (Å²) < 4.78 is 27.2. The predicted molar refractivity (Wildman–Crippen MR) is 50.9 cm³/mol. The van der Waals surface area contributed by atoms with E-state index < -0.39 is 15.9 Å². The normalized spacial score (nSPS) is 26.7. The van der Waals surface area contributed by atoms with Crippen molar-refractivity contribution in [3.8, 4) is 0 Å². The van der Waals surface area contributed by atoms with E-state index in [4.69, 9.17) is 9.63 Å². The second-order valence-electron chi connectivity index (χ2n) is 3.77. The van der Waals surface area contributed by atoms with Gasteiger partial charge in [-0.1, -0.05) is 5.16 Å². The van der Waals surface area contributed by atoms with Crippen LogP contribution in [0.5, 0.6) is 0 Å². The minimum absolute atomic E-state index is 0.0752. The molecule has 1 N–H and O–H groups in total. The molecular formula is C8H12N2O4S. The molecule has 1 saturated heterocycles. The smallest absolute Gasteiger partial charge is 0.255 e. The lowest BCUT2D eigenvalue weighted by Crippen LogP contribution is -2.05. The largest absolute Gasteiger partial charge is 0.384 e. The molecule has 1 fully saturated rings. The highest BCUT2D eigenvalue weighted by atomic mass is 32.2. The third-order valence-electron chi connectivity index (χ3n) is 2.41. The van der Waals surface area contributed by atoms with Gasteiger partial charge in [-0.15, -0.1) is 0 Å². The maximum atomic E-state index is 11.2. The summed E-state index contributed by atoms with van der Waals surface area (Å²) >= 11 is 0. The van der Waals surface area contributed by atoms with Gasteiger partial charge in [-0.2, -0.15) is 4.98 Å². The Bertz CT molecular complexity index is 451. The number of hydrogen-bond donors (Lipinski definition) is 1. The van der Waals surface area contributed by atoms with Gasteiger partial charge in [-0.05, 0) is 13.3 Å². The third kappa shape index (κ3) is 2.18. The Hall–Kier alpha value is -0.950. The molecule has 2 rings (SSSR count). The molecular weight excluding hydrogens is 220 g/mol. The zero-order valence-electron chi connectivity index (χ0n) is 8.25. The van der Waals surface area contributed by atoms with Crippen LogP contribution in [0.3, 0.4) is 0 Å². The van der Waals surface area contributed by atoms with Crippen molar-refractivity contribution in [1.82, 2.24) is 10.1 Å². The highest BCUT2D eigenvalue weighted by Gasteiger charge is 2.32. The highest BCUT2D eigenvalue weighted by molar-refractivity contribution is 7.91. The fraction of sp³-hybridized carbons (Fsp3) is 0.750. The molecule has 15 heavy (non-hydrogen) atoms. The number of rotatable bonds is 2. The summed E-state index contributed by atoms with van der Waals surface area (Å²) in [7, 11) is -2.94. The summed E-state index contributed by atoms with van der Waals surface area (Å²) in [4.78, 5) is 3.97. The van der Waals surface area contributed by atoms with Crippen molar-refractivity contribution >= 4 is 9.84 Å². The average molecular weight is 232 g/mol. The Kier molecular flexibility index (Phi) is 2.51. The van der Waals surface area contributed by atoms with Crippen LogP contribution < -0.4 is 0 Å². The van der Waals surface area contributed by atoms with Gasteiger partial charge in [-0.3, -0.25) is 0 Å². The summed E-state index contributed by atoms with van der Waals surface area (Å²) in [5.41, 5.74) is 0. The molecule has 2 atom stereocenters. The maximum Gasteiger partial charge on any atom is 0.255 e. The zero-order valence-corrected chi connectivity index (χ0v) is 9.07. The molecule has 0 radical (unpaired) electrons. The molecule has 0 amide bonds. The second-order valence-corrected chi connectivity index (χ2v) is 6.00. The van der Waals surface area contributed by atoms with E-state index in [0.29, 0.717) is 12.2 Å². The van der Waals surface area contributed by atoms with Crippen molar-refractivity contribution in [1.29, 1.82) is 0 Å². The van der Waals surface area contributed by atoms with Crippen molar-refractivity contribution in [2.75, 3.05) is 11.5 Å². The monoisotopic (exact) mass is 232 g/mol. The van der Waals surface area contributed by atoms with Gasteiger partial charge in [0, 0.05) is 5.92 Å². The van der Waals surface area contributed by atoms with Crippen molar-refractivity contribution < 1.29 is 18.0 Å². The molecule has 2 heterocycles. The molecule has 0 saturated carbocycles. The summed E-state index contributed by atoms with van der Waals surface area (Å²) in [6.45, 7) is 1.52. The molecule has 6 nitrogen and oxygen atoms in total. The fourth-order valence-corrected chi connectivity index (χ4v) is 3.32. The fourth-order valence-electron chi connectivity index (χ4n) is 1.58. The molecule has 1 aromatic rings. The van der Waals surface area contributed by atoms with E-state index in [2.05, 4.69) is 10.1 Å². The van der Waals surface area contributed by atoms with Gasteiger partial charge in [-0.25, -0.2) is 8.42 Å². The van der Waals surface area contributed by atoms with Crippen LogP contribution in [-0.4, -0.2) is 35.2 Å². The van der Waals surface area contributed by atoms with E-state index in [1.54, 1.807) is 0 Å². The van der Waals surface area contributed by atoms with Crippen LogP contribution in [0.25, 0.3) is 0 Å². The van der Waals surface area contributed by atoms with Gasteiger partial charge in [0.2, 0.25) is 0 Å². The van der Waals surface area contributed by atoms with E-state index in [0.717, 1.165) is 0 Å². The standard InChI is InChI=1S/C8H12N2O4S/c1-5(11)8-9-7(10-14-8)6-2-3-15(12,13)4-6/h5-6,11H,2-4H2,1H3. The number of aliphatic hydroxyl groups excluding tert-OH is 1. The number of hydrogen-bond acceptors (Lipinski definition) is 6. The Labute approximate surface area is 87.2 Å². The molecule has 7 heteroatoms. The molecule has 1 aliphatic heterocycles. The predicted octanol–water partition coefficient (Wildman–Crippen LogP) is 0.0250. The lowest BCUT2D eigenvalue weighted by molar-refractivity contribution is 0.151. The number of sulfone groups is 1. The first-order chi connectivity index (χ1) is 6.98. The van der Waals surface area contributed by atoms with Crippen molar-refractivity contribution in [2.45, 2.75) is 25.4 Å². The Balaban J connectivity index is 2.17. The summed E-state index contributed by atoms with van der Waals surface area (Å²) in [6, 6.07) is 0. The van der Waals surface area contributed by atoms with E-state index in [1.807, 2.05) is 0 Å². The van der Waals surface area contributed by atoms with E-state index in [-0.39, 0.29) is 23.3 Å². The van der Waals surface area contributed by atoms with Gasteiger partial charge in [0.15, 0.2) is 15.7 Å². The maximum absolute atomic E-state index is 11.2. The highest BCUT2D eigenvalue weighted by Crippen LogP contribution is 2.27. The van der Waals surface area contributed by atoms with Crippen LogP contribution in [0.1, 0.15) is 37.1 Å². The summed E-state index contributed by atoms with van der Waals surface area (Å²) in [6.07, 6.45) is -0.287. The van der Waals surface area contributed by atoms with Gasteiger partial charge in [0.25, 0.3) is 5.89 Å². The molecule has 0 spiro atoms. The van der Waals surface area contributed by atoms with E-state index >= 15 is 0 Å². The van der Waals surface area contributed by atoms with E-state index in [9.17, 15) is 8.42 Å². The van der Waals surface area contributed by atoms with Crippen LogP contribution in [0.4, 0.5) is 0 Å². The van der Waals surface area contributed by atoms with Crippen LogP contribution in [0.15, 0.2) is 4.52 Å². The molecule has 1 aliphatic rings. The minimum atomic E-state index is -2.94. The van der Waals surface area contributed by atoms with Gasteiger partial charge < -0.3 is 9.63 Å². The summed E-state index contributed by atoms with van der Waals surface area (Å²) in [5, 5.41) is 12.8. The Morgan fingerprint density at radius 2 is 2.33 bits per heavy atom. The van der Waals surface area contributed by atoms with Crippen LogP contribution in [-0.2, 0) is 9.84 Å². The van der Waals surface area contributed by atoms with Crippen molar-refractivity contribution in [3.05, 3.63) is 11.7 Å². The van der Waals surface area contributed by atoms with Crippen LogP contribution in [0, 0.1) is 0 Å². The minimum Gasteiger partial charge on any atom is -0.384 e. The number of nitrogens with zero attached hydrogens (tertiary/aromatic N) is 2. The molecule has 0 aliphatic carbocycles. The number of aliphatic hydroxyl groups is 1. The van der Waals surface area contributed by atoms with Crippen molar-refractivity contribution in [2.24, 2.45) is 0 Å². The van der Waals surface area contributed by atoms with Gasteiger partial charge in [0.1, 0.15) is 6.10 Å². The molecule has 0 bridgehead atoms. The second kappa shape index (κ2) is 3.57. The first-order valence-corrected chi connectivity index (χ1v) is 6.52. The Morgan fingerprint density at radius 3 is 2.80 bits per heavy atom.